The van der Waals surface area contributed by atoms with Crippen LogP contribution in [0.15, 0.2) is 60.7 Å². The third kappa shape index (κ3) is 54.2. The molecule has 25 nitrogen and oxygen atoms in total. The molecule has 1 fully saturated rings. The molecule has 1 aliphatic rings. The Bertz CT molecular complexity index is 3320. The maximum absolute atomic E-state index is 12.1. The number of carbonyl (C=O) groups excluding carboxylic acids is 4. The Hall–Kier alpha value is -9.20. The quantitative estimate of drug-likeness (QED) is 0.0123. The highest BCUT2D eigenvalue weighted by atomic mass is 16.6. The largest absolute Gasteiger partial charge is 0.480 e. The Kier molecular flexibility index (Phi) is 58.9. The number of benzene rings is 2. The summed E-state index contributed by atoms with van der Waals surface area (Å²) in [5.41, 5.74) is 15.3. The summed E-state index contributed by atoms with van der Waals surface area (Å²) < 4.78 is 59.9. The molecular weight excluding hydrogens is 1320 g/mol. The van der Waals surface area contributed by atoms with Gasteiger partial charge in [-0.2, -0.15) is 0 Å². The van der Waals surface area contributed by atoms with Gasteiger partial charge in [-0.25, -0.2) is 0 Å². The summed E-state index contributed by atoms with van der Waals surface area (Å²) in [5.74, 6) is 25.6. The average Bonchev–Trinajstić information content (AvgIpc) is 1.81. The van der Waals surface area contributed by atoms with Crippen LogP contribution in [0, 0.1) is 127 Å². The van der Waals surface area contributed by atoms with E-state index in [4.69, 9.17) is 71.7 Å². The summed E-state index contributed by atoms with van der Waals surface area (Å²) in [6.07, 6.45) is 19.0. The van der Waals surface area contributed by atoms with Crippen molar-refractivity contribution in [2.75, 3.05) is 194 Å². The zero-order valence-electron chi connectivity index (χ0n) is 60.0. The van der Waals surface area contributed by atoms with Crippen molar-refractivity contribution in [3.63, 3.8) is 0 Å². The van der Waals surface area contributed by atoms with E-state index in [2.05, 4.69) is 158 Å². The number of terminal acetylenes is 2. The third-order valence-corrected chi connectivity index (χ3v) is 13.7. The summed E-state index contributed by atoms with van der Waals surface area (Å²) in [5, 5.41) is 23.8. The Balaban J connectivity index is -0.000000128. The second-order valence-corrected chi connectivity index (χ2v) is 22.0. The number of hydrogen-bond donors (Lipinski definition) is 6. The summed E-state index contributed by atoms with van der Waals surface area (Å²) in [6, 6.07) is 16.6. The molecule has 3 unspecified atom stereocenters. The first kappa shape index (κ1) is 91.8. The van der Waals surface area contributed by atoms with Gasteiger partial charge in [0.1, 0.15) is 11.8 Å². The molecular formula is C78H132N6O19. The van der Waals surface area contributed by atoms with Crippen molar-refractivity contribution in [1.29, 1.82) is 0 Å². The molecule has 0 spiro atoms. The van der Waals surface area contributed by atoms with Crippen molar-refractivity contribution in [2.45, 2.75) is 72.1 Å². The molecule has 1 heterocycles. The van der Waals surface area contributed by atoms with E-state index >= 15 is 0 Å². The first-order chi connectivity index (χ1) is 50.2. The average molecular weight is 1460 g/mol. The number of carboxylic acid groups (broad SMARTS) is 2. The van der Waals surface area contributed by atoms with Gasteiger partial charge in [-0.1, -0.05) is 68.0 Å². The van der Waals surface area contributed by atoms with Gasteiger partial charge in [0.05, 0.1) is 157 Å². The molecule has 103 heavy (non-hydrogen) atoms. The van der Waals surface area contributed by atoms with Crippen LogP contribution in [0.1, 0.15) is 89.4 Å². The standard InChI is InChI=1S/C45H47N3O11.C21H39N3O5.C12H18O3.14H2/c1-4-6-8-10-12-14-18-39(44(51)52)36-42(49)46-21-25-55-29-31-57-27-23-48(41-20-16-17-38(3)35-41)24-28-58-32-34-59-33-30-56-26-22-47-43(50)37-40(45(53)54)19-15-13-11-9-7-5-2;1-20-3-2-4-21(19-20)24(7-11-27-15-13-25-9-5-22)8-12-28-16-18-29-17-14-26-10-6-23;1-2-3-4-5-6-7-8-10-9-11(13)15-12(10)14;;;;;;;;;;;;;;/h1-2,16-17,20,35,39-40H,21-34,36-37H2,3H3,(H,46,49)(H,47,50)(H,51,52)(H,53,54);2-4,19H,5-18,22-23H2,1H3;6-7,10H,2-5,8-9H2,1H3;14*1H/b;;7-6+;;;;;;;;;;;;;;. The number of nitrogens with two attached hydrogens (primary N) is 2. The number of allylic oxidation sites excluding steroid dienone is 2. The van der Waals surface area contributed by atoms with Crippen molar-refractivity contribution < 1.29 is 111 Å². The fourth-order valence-electron chi connectivity index (χ4n) is 8.52. The maximum Gasteiger partial charge on any atom is 0.319 e. The number of nitrogens with one attached hydrogen (secondary N) is 2. The topological polar surface area (TPSA) is 327 Å². The fraction of sp³-hybridized carbons (Fsp3) is 0.538. The predicted molar refractivity (Wildman–Crippen MR) is 422 cm³/mol. The van der Waals surface area contributed by atoms with Gasteiger partial charge in [-0.3, -0.25) is 28.8 Å². The van der Waals surface area contributed by atoms with Crippen LogP contribution >= 0.6 is 0 Å². The van der Waals surface area contributed by atoms with E-state index in [1.165, 1.54) is 30.5 Å². The van der Waals surface area contributed by atoms with Crippen molar-refractivity contribution >= 4 is 47.1 Å². The van der Waals surface area contributed by atoms with E-state index < -0.39 is 35.6 Å². The molecule has 2 aromatic rings. The van der Waals surface area contributed by atoms with Crippen LogP contribution in [0.25, 0.3) is 0 Å². The van der Waals surface area contributed by atoms with Crippen molar-refractivity contribution in [1.82, 2.24) is 10.6 Å². The Labute approximate surface area is 630 Å². The second kappa shape index (κ2) is 66.1. The highest BCUT2D eigenvalue weighted by Gasteiger charge is 2.32. The van der Waals surface area contributed by atoms with Crippen molar-refractivity contribution in [3.8, 4) is 95.7 Å². The van der Waals surface area contributed by atoms with Gasteiger partial charge in [0.25, 0.3) is 0 Å². The molecule has 3 atom stereocenters. The molecule has 0 radical (unpaired) electrons. The molecule has 25 heteroatoms. The Morgan fingerprint density at radius 2 is 0.893 bits per heavy atom. The molecule has 2 aromatic carbocycles. The summed E-state index contributed by atoms with van der Waals surface area (Å²) in [7, 11) is 0. The SMILES string of the molecule is C#CC#CC#CC#CC(CC(=O)NCCOCCOCCOCCN(CCOCCOCCNC(=O)CC(C#CC#CC#CC#C)C(=O)O)c1cccc(C)c1)C(=O)O.CCCCC/C=C/CC1CC(=O)OC1=O.Cc1cccc(N(CCOCCOCCN)CCOCCOCCOCCN)c1.[HH].[HH].[HH].[HH].[HH].[HH].[HH].[HH].[HH].[HH].[HH].[HH].[HH].[HH]. The fourth-order valence-corrected chi connectivity index (χ4v) is 8.52. The Morgan fingerprint density at radius 1 is 0.534 bits per heavy atom. The number of nitrogens with zero attached hydrogens (tertiary/aromatic N) is 2. The molecule has 1 aliphatic heterocycles. The number of amides is 2. The highest BCUT2D eigenvalue weighted by Crippen LogP contribution is 2.21. The zero-order valence-corrected chi connectivity index (χ0v) is 60.0. The number of unbranched alkanes of at least 4 members (excludes halogenated alkanes) is 3. The van der Waals surface area contributed by atoms with E-state index in [1.807, 2.05) is 31.2 Å². The van der Waals surface area contributed by atoms with Crippen molar-refractivity contribution in [2.24, 2.45) is 29.2 Å². The number of esters is 2. The summed E-state index contributed by atoms with van der Waals surface area (Å²) in [4.78, 5) is 73.2. The van der Waals surface area contributed by atoms with E-state index in [0.717, 1.165) is 30.8 Å². The van der Waals surface area contributed by atoms with E-state index in [1.54, 1.807) is 0 Å². The number of aliphatic carboxylic acids is 2. The third-order valence-electron chi connectivity index (χ3n) is 13.7. The van der Waals surface area contributed by atoms with Crippen LogP contribution in [0.4, 0.5) is 11.4 Å². The van der Waals surface area contributed by atoms with Crippen molar-refractivity contribution in [3.05, 3.63) is 71.8 Å². The van der Waals surface area contributed by atoms with Crippen LogP contribution in [-0.4, -0.2) is 230 Å². The van der Waals surface area contributed by atoms with Crippen LogP contribution in [0.3, 0.4) is 0 Å². The molecule has 1 saturated heterocycles. The molecule has 0 bridgehead atoms. The number of hydrogen-bond acceptors (Lipinski definition) is 21. The van der Waals surface area contributed by atoms with Crippen LogP contribution < -0.4 is 31.9 Å². The number of ether oxygens (including phenoxy) is 11. The minimum Gasteiger partial charge on any atom is -0.480 e. The number of carboxylic acids is 2. The lowest BCUT2D eigenvalue weighted by atomic mass is 10.0. The predicted octanol–water partition coefficient (Wildman–Crippen LogP) is 7.43. The first-order valence-corrected chi connectivity index (χ1v) is 34.3. The van der Waals surface area contributed by atoms with Gasteiger partial charge in [0, 0.05) is 83.7 Å². The molecule has 3 rings (SSSR count). The van der Waals surface area contributed by atoms with Gasteiger partial charge in [-0.15, -0.1) is 12.8 Å². The number of aryl methyl sites for hydroxylation is 2. The molecule has 0 aromatic heterocycles. The summed E-state index contributed by atoms with van der Waals surface area (Å²) in [6.45, 7) is 19.7. The molecule has 8 N–H and O–H groups in total. The molecule has 0 aliphatic carbocycles. The van der Waals surface area contributed by atoms with Crippen LogP contribution in [0.5, 0.6) is 0 Å². The number of anilines is 2. The molecule has 588 valence electrons. The lowest BCUT2D eigenvalue weighted by Gasteiger charge is -2.25. The zero-order chi connectivity index (χ0) is 75.3. The van der Waals surface area contributed by atoms with Gasteiger partial charge in [0.2, 0.25) is 11.8 Å². The van der Waals surface area contributed by atoms with E-state index in [-0.39, 0.29) is 83.4 Å². The highest BCUT2D eigenvalue weighted by molar-refractivity contribution is 5.94. The first-order valence-electron chi connectivity index (χ1n) is 34.3. The minimum atomic E-state index is -1.23. The minimum absolute atomic E-state index is 0. The van der Waals surface area contributed by atoms with Gasteiger partial charge in [-0.05, 0) is 140 Å². The monoisotopic (exact) mass is 1460 g/mol. The van der Waals surface area contributed by atoms with E-state index in [9.17, 15) is 39.0 Å². The van der Waals surface area contributed by atoms with Crippen LogP contribution in [0.2, 0.25) is 0 Å². The van der Waals surface area contributed by atoms with Gasteiger partial charge < -0.3 is 94.2 Å². The summed E-state index contributed by atoms with van der Waals surface area (Å²) >= 11 is 0. The number of carbonyl (C=O) groups is 6. The lowest BCUT2D eigenvalue weighted by molar-refractivity contribution is -0.153. The normalized spacial score (nSPS) is 12.1. The number of rotatable bonds is 54. The second-order valence-electron chi connectivity index (χ2n) is 22.0. The maximum atomic E-state index is 12.1. The lowest BCUT2D eigenvalue weighted by Crippen LogP contribution is -2.32. The van der Waals surface area contributed by atoms with Gasteiger partial charge in [0.15, 0.2) is 0 Å². The Morgan fingerprint density at radius 3 is 1.23 bits per heavy atom. The number of cyclic esters (lactones) is 2. The van der Waals surface area contributed by atoms with E-state index in [0.29, 0.717) is 152 Å². The smallest absolute Gasteiger partial charge is 0.319 e. The molecule has 2 amide bonds. The van der Waals surface area contributed by atoms with Crippen LogP contribution in [-0.2, 0) is 80.9 Å². The molecule has 0 saturated carbocycles. The van der Waals surface area contributed by atoms with Gasteiger partial charge >= 0.3 is 23.9 Å².